The van der Waals surface area contributed by atoms with Crippen molar-refractivity contribution in [2.75, 3.05) is 7.05 Å². The lowest BCUT2D eigenvalue weighted by atomic mass is 9.80. The first-order valence-corrected chi connectivity index (χ1v) is 8.19. The first-order chi connectivity index (χ1) is 10.0. The lowest BCUT2D eigenvalue weighted by Crippen LogP contribution is -2.46. The zero-order valence-electron chi connectivity index (χ0n) is 13.4. The van der Waals surface area contributed by atoms with Gasteiger partial charge in [0.1, 0.15) is 5.82 Å². The van der Waals surface area contributed by atoms with Crippen LogP contribution in [-0.2, 0) is 0 Å². The van der Waals surface area contributed by atoms with E-state index in [1.807, 2.05) is 26.1 Å². The molecule has 0 aliphatic heterocycles. The van der Waals surface area contributed by atoms with Gasteiger partial charge in [-0.3, -0.25) is 4.90 Å². The van der Waals surface area contributed by atoms with Gasteiger partial charge in [0.05, 0.1) is 6.10 Å². The molecule has 118 valence electrons. The molecule has 0 saturated heterocycles. The van der Waals surface area contributed by atoms with Crippen LogP contribution in [0.5, 0.6) is 0 Å². The van der Waals surface area contributed by atoms with E-state index in [0.29, 0.717) is 11.5 Å². The Morgan fingerprint density at radius 3 is 2.71 bits per heavy atom. The number of nitrogens with zero attached hydrogens (tertiary/aromatic N) is 1. The molecule has 4 atom stereocenters. The number of halogens is 1. The fourth-order valence-electron chi connectivity index (χ4n) is 3.64. The van der Waals surface area contributed by atoms with Crippen LogP contribution in [0.2, 0.25) is 0 Å². The minimum atomic E-state index is -0.294. The molecule has 21 heavy (non-hydrogen) atoms. The summed E-state index contributed by atoms with van der Waals surface area (Å²) in [4.78, 5) is 2.16. The maximum absolute atomic E-state index is 14.0. The van der Waals surface area contributed by atoms with E-state index in [9.17, 15) is 9.50 Å². The lowest BCUT2D eigenvalue weighted by Gasteiger charge is -2.41. The number of hydrogen-bond donors (Lipinski definition) is 1. The predicted octanol–water partition coefficient (Wildman–Crippen LogP) is 4.15. The molecule has 0 heterocycles. The Balaban J connectivity index is 2.10. The van der Waals surface area contributed by atoms with E-state index < -0.39 is 0 Å². The molecular formula is C18H28FNO. The van der Waals surface area contributed by atoms with E-state index >= 15 is 0 Å². The smallest absolute Gasteiger partial charge is 0.127 e. The second kappa shape index (κ2) is 7.37. The number of likely N-dealkylation sites (N-methyl/N-ethyl adjacent to an activating group) is 1. The van der Waals surface area contributed by atoms with Crippen LogP contribution in [0.3, 0.4) is 0 Å². The van der Waals surface area contributed by atoms with E-state index in [1.54, 1.807) is 6.07 Å². The highest BCUT2D eigenvalue weighted by Gasteiger charge is 2.34. The van der Waals surface area contributed by atoms with Crippen molar-refractivity contribution in [2.45, 2.75) is 64.1 Å². The first kappa shape index (κ1) is 16.4. The van der Waals surface area contributed by atoms with Crippen molar-refractivity contribution in [3.05, 3.63) is 35.6 Å². The summed E-state index contributed by atoms with van der Waals surface area (Å²) in [6.07, 6.45) is 5.13. The predicted molar refractivity (Wildman–Crippen MR) is 84.6 cm³/mol. The molecule has 1 aliphatic rings. The van der Waals surface area contributed by atoms with Crippen LogP contribution in [0.25, 0.3) is 0 Å². The Bertz CT molecular complexity index is 451. The average Bonchev–Trinajstić information content (AvgIpc) is 2.48. The molecule has 1 fully saturated rings. The molecule has 0 spiro atoms. The molecule has 2 rings (SSSR count). The topological polar surface area (TPSA) is 23.5 Å². The number of aliphatic hydroxyl groups excluding tert-OH is 1. The van der Waals surface area contributed by atoms with Gasteiger partial charge in [-0.05, 0) is 45.2 Å². The Hall–Kier alpha value is -0.930. The molecule has 1 saturated carbocycles. The van der Waals surface area contributed by atoms with Gasteiger partial charge in [0.2, 0.25) is 0 Å². The number of hydrogen-bond acceptors (Lipinski definition) is 2. The summed E-state index contributed by atoms with van der Waals surface area (Å²) in [5.41, 5.74) is 0.713. The quantitative estimate of drug-likeness (QED) is 0.881. The monoisotopic (exact) mass is 293 g/mol. The number of aliphatic hydroxyl groups is 1. The Labute approximate surface area is 128 Å². The van der Waals surface area contributed by atoms with Crippen LogP contribution in [0.4, 0.5) is 4.39 Å². The second-order valence-corrected chi connectivity index (χ2v) is 6.47. The molecule has 1 aromatic rings. The lowest BCUT2D eigenvalue weighted by molar-refractivity contribution is -0.00284. The van der Waals surface area contributed by atoms with Crippen molar-refractivity contribution in [3.63, 3.8) is 0 Å². The molecule has 1 aliphatic carbocycles. The van der Waals surface area contributed by atoms with Crippen LogP contribution >= 0.6 is 0 Å². The van der Waals surface area contributed by atoms with E-state index in [0.717, 1.165) is 19.3 Å². The van der Waals surface area contributed by atoms with E-state index in [-0.39, 0.29) is 24.0 Å². The van der Waals surface area contributed by atoms with Gasteiger partial charge in [0.15, 0.2) is 0 Å². The summed E-state index contributed by atoms with van der Waals surface area (Å²) in [5.74, 6) is 0.533. The van der Waals surface area contributed by atoms with Gasteiger partial charge in [-0.1, -0.05) is 38.0 Å². The van der Waals surface area contributed by atoms with Gasteiger partial charge < -0.3 is 5.11 Å². The summed E-state index contributed by atoms with van der Waals surface area (Å²) >= 11 is 0. The highest BCUT2D eigenvalue weighted by atomic mass is 19.1. The first-order valence-electron chi connectivity index (χ1n) is 8.19. The van der Waals surface area contributed by atoms with E-state index in [4.69, 9.17) is 0 Å². The standard InChI is InChI=1S/C18H28FNO/c1-4-7-14-10-11-18(21)17(12-14)20(3)13(2)15-8-5-6-9-16(15)19/h5-6,8-9,13-14,17-18,21H,4,7,10-12H2,1-3H3. The molecule has 3 heteroatoms. The summed E-state index contributed by atoms with van der Waals surface area (Å²) < 4.78 is 14.0. The maximum Gasteiger partial charge on any atom is 0.127 e. The second-order valence-electron chi connectivity index (χ2n) is 6.47. The molecule has 0 aromatic heterocycles. The van der Waals surface area contributed by atoms with Crippen LogP contribution < -0.4 is 0 Å². The molecule has 4 unspecified atom stereocenters. The van der Waals surface area contributed by atoms with Gasteiger partial charge in [-0.25, -0.2) is 4.39 Å². The molecule has 2 nitrogen and oxygen atoms in total. The van der Waals surface area contributed by atoms with Crippen LogP contribution in [-0.4, -0.2) is 29.2 Å². The third kappa shape index (κ3) is 3.83. The van der Waals surface area contributed by atoms with Gasteiger partial charge in [-0.15, -0.1) is 0 Å². The van der Waals surface area contributed by atoms with Gasteiger partial charge in [0, 0.05) is 17.6 Å². The van der Waals surface area contributed by atoms with Crippen LogP contribution in [0.15, 0.2) is 24.3 Å². The Morgan fingerprint density at radius 1 is 1.33 bits per heavy atom. The van der Waals surface area contributed by atoms with Crippen LogP contribution in [0, 0.1) is 11.7 Å². The molecule has 1 N–H and O–H groups in total. The zero-order valence-corrected chi connectivity index (χ0v) is 13.4. The van der Waals surface area contributed by atoms with Crippen molar-refractivity contribution in [3.8, 4) is 0 Å². The van der Waals surface area contributed by atoms with Gasteiger partial charge in [-0.2, -0.15) is 0 Å². The fourth-order valence-corrected chi connectivity index (χ4v) is 3.64. The van der Waals surface area contributed by atoms with Crippen molar-refractivity contribution < 1.29 is 9.50 Å². The molecule has 0 radical (unpaired) electrons. The fraction of sp³-hybridized carbons (Fsp3) is 0.667. The minimum absolute atomic E-state index is 0.0220. The largest absolute Gasteiger partial charge is 0.391 e. The van der Waals surface area contributed by atoms with E-state index in [1.165, 1.54) is 18.9 Å². The molecule has 0 amide bonds. The SMILES string of the molecule is CCCC1CCC(O)C(N(C)C(C)c2ccccc2F)C1. The summed E-state index contributed by atoms with van der Waals surface area (Å²) in [6, 6.07) is 7.06. The summed E-state index contributed by atoms with van der Waals surface area (Å²) in [6.45, 7) is 4.24. The number of benzene rings is 1. The normalized spacial score (nSPS) is 27.8. The average molecular weight is 293 g/mol. The number of rotatable bonds is 5. The van der Waals surface area contributed by atoms with Crippen LogP contribution in [0.1, 0.15) is 57.6 Å². The van der Waals surface area contributed by atoms with Crippen molar-refractivity contribution in [1.29, 1.82) is 0 Å². The highest BCUT2D eigenvalue weighted by Crippen LogP contribution is 2.34. The van der Waals surface area contributed by atoms with Crippen molar-refractivity contribution in [2.24, 2.45) is 5.92 Å². The molecule has 0 bridgehead atoms. The molecular weight excluding hydrogens is 265 g/mol. The summed E-state index contributed by atoms with van der Waals surface area (Å²) in [5, 5.41) is 10.4. The Morgan fingerprint density at radius 2 is 2.05 bits per heavy atom. The van der Waals surface area contributed by atoms with Gasteiger partial charge in [0.25, 0.3) is 0 Å². The highest BCUT2D eigenvalue weighted by molar-refractivity contribution is 5.21. The molecule has 1 aromatic carbocycles. The van der Waals surface area contributed by atoms with Crippen molar-refractivity contribution >= 4 is 0 Å². The zero-order chi connectivity index (χ0) is 15.4. The third-order valence-electron chi connectivity index (χ3n) is 5.08. The van der Waals surface area contributed by atoms with Crippen molar-refractivity contribution in [1.82, 2.24) is 4.90 Å². The Kier molecular flexibility index (Phi) is 5.77. The van der Waals surface area contributed by atoms with E-state index in [2.05, 4.69) is 11.8 Å². The third-order valence-corrected chi connectivity index (χ3v) is 5.08. The van der Waals surface area contributed by atoms with Gasteiger partial charge >= 0.3 is 0 Å². The summed E-state index contributed by atoms with van der Waals surface area (Å²) in [7, 11) is 2.01. The minimum Gasteiger partial charge on any atom is -0.391 e. The maximum atomic E-state index is 14.0.